The normalized spacial score (nSPS) is 12.0. The minimum absolute atomic E-state index is 0.112. The monoisotopic (exact) mass is 269 g/mol. The molecule has 100 valence electrons. The van der Waals surface area contributed by atoms with Gasteiger partial charge in [0.1, 0.15) is 11.0 Å². The highest BCUT2D eigenvalue weighted by atomic mass is 35.5. The van der Waals surface area contributed by atoms with Crippen LogP contribution in [-0.2, 0) is 0 Å². The molecule has 0 aliphatic carbocycles. The summed E-state index contributed by atoms with van der Waals surface area (Å²) in [6.07, 6.45) is 3.23. The van der Waals surface area contributed by atoms with Gasteiger partial charge >= 0.3 is 0 Å². The third-order valence-electron chi connectivity index (χ3n) is 2.68. The van der Waals surface area contributed by atoms with E-state index in [1.807, 2.05) is 6.92 Å². The van der Waals surface area contributed by atoms with E-state index in [9.17, 15) is 4.79 Å². The van der Waals surface area contributed by atoms with Crippen LogP contribution in [0.3, 0.4) is 0 Å². The number of unbranched alkanes of at least 4 members (excludes halogenated alkanes) is 1. The number of carbonyl (C=O) groups is 1. The maximum Gasteiger partial charge on any atom is 0.251 e. The van der Waals surface area contributed by atoms with Gasteiger partial charge in [0.15, 0.2) is 0 Å². The highest BCUT2D eigenvalue weighted by Crippen LogP contribution is 2.14. The van der Waals surface area contributed by atoms with Gasteiger partial charge in [0.25, 0.3) is 5.91 Å². The molecule has 0 bridgehead atoms. The lowest BCUT2D eigenvalue weighted by Crippen LogP contribution is -2.32. The third-order valence-corrected chi connectivity index (χ3v) is 2.87. The molecule has 0 spiro atoms. The fourth-order valence-electron chi connectivity index (χ4n) is 1.65. The zero-order valence-electron chi connectivity index (χ0n) is 11.1. The van der Waals surface area contributed by atoms with Crippen molar-refractivity contribution in [1.29, 1.82) is 0 Å². The van der Waals surface area contributed by atoms with Gasteiger partial charge in [-0.2, -0.15) is 0 Å². The van der Waals surface area contributed by atoms with Gasteiger partial charge in [-0.3, -0.25) is 4.79 Å². The highest BCUT2D eigenvalue weighted by Gasteiger charge is 2.11. The predicted octanol–water partition coefficient (Wildman–Crippen LogP) is 3.09. The molecule has 0 saturated carbocycles. The molecule has 1 unspecified atom stereocenters. The maximum absolute atomic E-state index is 12.0. The second kappa shape index (κ2) is 7.21. The van der Waals surface area contributed by atoms with E-state index in [0.717, 1.165) is 19.3 Å². The van der Waals surface area contributed by atoms with E-state index in [2.05, 4.69) is 22.5 Å². The summed E-state index contributed by atoms with van der Waals surface area (Å²) in [5, 5.41) is 6.14. The van der Waals surface area contributed by atoms with Crippen molar-refractivity contribution in [2.45, 2.75) is 39.2 Å². The van der Waals surface area contributed by atoms with Crippen LogP contribution in [-0.4, -0.2) is 24.0 Å². The molecule has 4 nitrogen and oxygen atoms in total. The smallest absolute Gasteiger partial charge is 0.251 e. The minimum atomic E-state index is -0.112. The van der Waals surface area contributed by atoms with Crippen molar-refractivity contribution in [2.24, 2.45) is 0 Å². The number of hydrogen-bond acceptors (Lipinski definition) is 3. The molecule has 1 aromatic rings. The van der Waals surface area contributed by atoms with E-state index >= 15 is 0 Å². The Labute approximate surface area is 113 Å². The van der Waals surface area contributed by atoms with Gasteiger partial charge in [0, 0.05) is 18.7 Å². The van der Waals surface area contributed by atoms with Crippen molar-refractivity contribution in [1.82, 2.24) is 10.3 Å². The van der Waals surface area contributed by atoms with Crippen molar-refractivity contribution < 1.29 is 4.79 Å². The Bertz CT molecular complexity index is 409. The Morgan fingerprint density at radius 2 is 2.22 bits per heavy atom. The molecule has 18 heavy (non-hydrogen) atoms. The molecule has 0 aromatic carbocycles. The van der Waals surface area contributed by atoms with Crippen molar-refractivity contribution in [3.05, 3.63) is 22.8 Å². The highest BCUT2D eigenvalue weighted by molar-refractivity contribution is 6.29. The van der Waals surface area contributed by atoms with Gasteiger partial charge < -0.3 is 10.6 Å². The van der Waals surface area contributed by atoms with Gasteiger partial charge in [0.2, 0.25) is 0 Å². The summed E-state index contributed by atoms with van der Waals surface area (Å²) in [4.78, 5) is 16.1. The molecule has 2 N–H and O–H groups in total. The number of amides is 1. The topological polar surface area (TPSA) is 54.0 Å². The number of rotatable bonds is 6. The first-order valence-corrected chi connectivity index (χ1v) is 6.60. The van der Waals surface area contributed by atoms with Crippen LogP contribution in [0, 0.1) is 0 Å². The van der Waals surface area contributed by atoms with Crippen LogP contribution in [0.2, 0.25) is 5.15 Å². The van der Waals surface area contributed by atoms with Crippen molar-refractivity contribution >= 4 is 23.3 Å². The van der Waals surface area contributed by atoms with Crippen molar-refractivity contribution in [2.75, 3.05) is 12.4 Å². The van der Waals surface area contributed by atoms with Gasteiger partial charge in [0.05, 0.1) is 0 Å². The Balaban J connectivity index is 2.68. The largest absolute Gasteiger partial charge is 0.373 e. The number of halogens is 1. The molecule has 1 heterocycles. The number of anilines is 1. The minimum Gasteiger partial charge on any atom is -0.373 e. The van der Waals surface area contributed by atoms with Crippen LogP contribution in [0.15, 0.2) is 12.1 Å². The summed E-state index contributed by atoms with van der Waals surface area (Å²) in [5.74, 6) is 0.480. The number of nitrogens with one attached hydrogen (secondary N) is 2. The summed E-state index contributed by atoms with van der Waals surface area (Å²) < 4.78 is 0. The predicted molar refractivity (Wildman–Crippen MR) is 75.2 cm³/mol. The number of aromatic nitrogens is 1. The fraction of sp³-hybridized carbons (Fsp3) is 0.538. The Morgan fingerprint density at radius 3 is 2.83 bits per heavy atom. The van der Waals surface area contributed by atoms with Gasteiger partial charge in [-0.05, 0) is 25.5 Å². The van der Waals surface area contributed by atoms with E-state index in [0.29, 0.717) is 16.5 Å². The van der Waals surface area contributed by atoms with E-state index in [-0.39, 0.29) is 11.9 Å². The summed E-state index contributed by atoms with van der Waals surface area (Å²) in [6.45, 7) is 4.14. The summed E-state index contributed by atoms with van der Waals surface area (Å²) >= 11 is 5.86. The first-order chi connectivity index (χ1) is 8.56. The summed E-state index contributed by atoms with van der Waals surface area (Å²) in [6, 6.07) is 3.43. The SMILES string of the molecule is CCCCC(C)NC(=O)c1cc(Cl)nc(NC)c1. The Kier molecular flexibility index (Phi) is 5.92. The van der Waals surface area contributed by atoms with Gasteiger partial charge in [-0.25, -0.2) is 4.98 Å². The Morgan fingerprint density at radius 1 is 1.50 bits per heavy atom. The second-order valence-corrected chi connectivity index (χ2v) is 4.72. The number of hydrogen-bond donors (Lipinski definition) is 2. The van der Waals surface area contributed by atoms with E-state index in [1.165, 1.54) is 0 Å². The van der Waals surface area contributed by atoms with Crippen LogP contribution in [0.25, 0.3) is 0 Å². The molecule has 0 saturated heterocycles. The number of pyridine rings is 1. The van der Waals surface area contributed by atoms with E-state index < -0.39 is 0 Å². The molecular formula is C13H20ClN3O. The Hall–Kier alpha value is -1.29. The quantitative estimate of drug-likeness (QED) is 0.781. The van der Waals surface area contributed by atoms with Crippen LogP contribution in [0.5, 0.6) is 0 Å². The maximum atomic E-state index is 12.0. The molecule has 0 fully saturated rings. The standard InChI is InChI=1S/C13H20ClN3O/c1-4-5-6-9(2)16-13(18)10-7-11(14)17-12(8-10)15-3/h7-9H,4-6H2,1-3H3,(H,15,17)(H,16,18). The van der Waals surface area contributed by atoms with E-state index in [1.54, 1.807) is 19.2 Å². The lowest BCUT2D eigenvalue weighted by Gasteiger charge is -2.13. The van der Waals surface area contributed by atoms with Crippen LogP contribution in [0.4, 0.5) is 5.82 Å². The first kappa shape index (κ1) is 14.8. The number of carbonyl (C=O) groups excluding carboxylic acids is 1. The first-order valence-electron chi connectivity index (χ1n) is 6.23. The second-order valence-electron chi connectivity index (χ2n) is 4.33. The van der Waals surface area contributed by atoms with Gasteiger partial charge in [-0.1, -0.05) is 31.4 Å². The average molecular weight is 270 g/mol. The third kappa shape index (κ3) is 4.53. The number of nitrogens with zero attached hydrogens (tertiary/aromatic N) is 1. The van der Waals surface area contributed by atoms with Crippen LogP contribution >= 0.6 is 11.6 Å². The van der Waals surface area contributed by atoms with Gasteiger partial charge in [-0.15, -0.1) is 0 Å². The molecule has 5 heteroatoms. The van der Waals surface area contributed by atoms with Crippen LogP contribution < -0.4 is 10.6 Å². The fourth-order valence-corrected chi connectivity index (χ4v) is 1.85. The summed E-state index contributed by atoms with van der Waals surface area (Å²) in [7, 11) is 1.74. The summed E-state index contributed by atoms with van der Waals surface area (Å²) in [5.41, 5.74) is 0.530. The lowest BCUT2D eigenvalue weighted by atomic mass is 10.1. The molecule has 1 amide bonds. The van der Waals surface area contributed by atoms with Crippen molar-refractivity contribution in [3.8, 4) is 0 Å². The molecule has 1 atom stereocenters. The van der Waals surface area contributed by atoms with Crippen molar-refractivity contribution in [3.63, 3.8) is 0 Å². The molecule has 0 aliphatic rings. The molecule has 0 aliphatic heterocycles. The molecule has 1 aromatic heterocycles. The lowest BCUT2D eigenvalue weighted by molar-refractivity contribution is 0.0938. The van der Waals surface area contributed by atoms with Crippen LogP contribution in [0.1, 0.15) is 43.5 Å². The molecular weight excluding hydrogens is 250 g/mol. The zero-order chi connectivity index (χ0) is 13.5. The molecule has 0 radical (unpaired) electrons. The average Bonchev–Trinajstić information content (AvgIpc) is 2.35. The molecule has 1 rings (SSSR count). The van der Waals surface area contributed by atoms with E-state index in [4.69, 9.17) is 11.6 Å². The zero-order valence-corrected chi connectivity index (χ0v) is 11.8.